The molecule has 0 aliphatic carbocycles. The lowest BCUT2D eigenvalue weighted by Crippen LogP contribution is -1.65. The Bertz CT molecular complexity index is 264. The number of H-pyrrole nitrogens is 1. The van der Waals surface area contributed by atoms with Crippen LogP contribution >= 0.6 is 11.6 Å². The third kappa shape index (κ3) is 3.68. The maximum atomic E-state index is 5.43. The highest BCUT2D eigenvalue weighted by atomic mass is 35.5. The van der Waals surface area contributed by atoms with Crippen molar-refractivity contribution in [3.8, 4) is 0 Å². The number of pyridine rings is 1. The molecule has 62 valence electrons. The van der Waals surface area contributed by atoms with Gasteiger partial charge in [-0.05, 0) is 12.1 Å². The van der Waals surface area contributed by atoms with E-state index in [-0.39, 0.29) is 0 Å². The topological polar surface area (TPSA) is 54.5 Å². The molecule has 0 saturated carbocycles. The molecule has 0 radical (unpaired) electrons. The lowest BCUT2D eigenvalue weighted by Gasteiger charge is -1.79. The number of hydrogen-bond donors (Lipinski definition) is 1. The first kappa shape index (κ1) is 8.67. The van der Waals surface area contributed by atoms with Gasteiger partial charge in [-0.2, -0.15) is 15.4 Å². The predicted octanol–water partition coefficient (Wildman–Crippen LogP) is 1.54. The highest BCUT2D eigenvalue weighted by molar-refractivity contribution is 6.29. The largest absolute Gasteiger partial charge is 0.245 e. The molecule has 0 aliphatic rings. The summed E-state index contributed by atoms with van der Waals surface area (Å²) in [6, 6.07) is 5.41. The standard InChI is InChI=1S/C5H4ClN.C2H3N3/c6-5-3-1-2-4-7-5;1-2-4-5-3-1/h1-4H;1-2H,(H,3,4,5). The molecule has 0 saturated heterocycles. The summed E-state index contributed by atoms with van der Waals surface area (Å²) >= 11 is 5.43. The van der Waals surface area contributed by atoms with Gasteiger partial charge in [0.2, 0.25) is 0 Å². The second kappa shape index (κ2) is 5.26. The number of halogens is 1. The molecule has 0 aromatic carbocycles. The molecule has 4 nitrogen and oxygen atoms in total. The molecule has 12 heavy (non-hydrogen) atoms. The van der Waals surface area contributed by atoms with Gasteiger partial charge >= 0.3 is 0 Å². The van der Waals surface area contributed by atoms with Crippen LogP contribution in [0.4, 0.5) is 0 Å². The fourth-order valence-corrected chi connectivity index (χ4v) is 0.638. The van der Waals surface area contributed by atoms with Gasteiger partial charge in [0.15, 0.2) is 0 Å². The van der Waals surface area contributed by atoms with Gasteiger partial charge in [0.25, 0.3) is 0 Å². The van der Waals surface area contributed by atoms with Gasteiger partial charge in [-0.1, -0.05) is 17.7 Å². The number of aromatic amines is 1. The van der Waals surface area contributed by atoms with E-state index in [9.17, 15) is 0 Å². The molecule has 0 spiro atoms. The van der Waals surface area contributed by atoms with Crippen LogP contribution < -0.4 is 0 Å². The maximum absolute atomic E-state index is 5.43. The first-order valence-electron chi connectivity index (χ1n) is 3.26. The van der Waals surface area contributed by atoms with Gasteiger partial charge in [0.05, 0.1) is 12.4 Å². The highest BCUT2D eigenvalue weighted by Crippen LogP contribution is 1.98. The Kier molecular flexibility index (Phi) is 3.80. The quantitative estimate of drug-likeness (QED) is 0.629. The zero-order valence-corrected chi connectivity index (χ0v) is 6.94. The third-order valence-corrected chi connectivity index (χ3v) is 1.18. The lowest BCUT2D eigenvalue weighted by molar-refractivity contribution is 0.940. The summed E-state index contributed by atoms with van der Waals surface area (Å²) < 4.78 is 0. The molecule has 0 aliphatic heterocycles. The van der Waals surface area contributed by atoms with Crippen LogP contribution in [0.2, 0.25) is 5.15 Å². The molecular formula is C7H7ClN4. The van der Waals surface area contributed by atoms with E-state index >= 15 is 0 Å². The van der Waals surface area contributed by atoms with Crippen LogP contribution in [-0.2, 0) is 0 Å². The van der Waals surface area contributed by atoms with E-state index in [1.807, 2.05) is 12.1 Å². The summed E-state index contributed by atoms with van der Waals surface area (Å²) in [6.07, 6.45) is 4.82. The van der Waals surface area contributed by atoms with E-state index in [1.165, 1.54) is 0 Å². The van der Waals surface area contributed by atoms with E-state index < -0.39 is 0 Å². The number of nitrogens with one attached hydrogen (secondary N) is 1. The second-order valence-corrected chi connectivity index (χ2v) is 2.20. The maximum Gasteiger partial charge on any atom is 0.129 e. The minimum absolute atomic E-state index is 0.544. The summed E-state index contributed by atoms with van der Waals surface area (Å²) in [7, 11) is 0. The van der Waals surface area contributed by atoms with Crippen molar-refractivity contribution in [2.45, 2.75) is 0 Å². The normalized spacial score (nSPS) is 8.42. The Morgan fingerprint density at radius 2 is 1.83 bits per heavy atom. The van der Waals surface area contributed by atoms with Gasteiger partial charge in [0, 0.05) is 6.20 Å². The average Bonchev–Trinajstić information content (AvgIpc) is 2.62. The van der Waals surface area contributed by atoms with Crippen molar-refractivity contribution in [3.63, 3.8) is 0 Å². The minimum atomic E-state index is 0.544. The number of nitrogens with zero attached hydrogens (tertiary/aromatic N) is 3. The van der Waals surface area contributed by atoms with Crippen LogP contribution in [0, 0.1) is 0 Å². The fraction of sp³-hybridized carbons (Fsp3) is 0. The summed E-state index contributed by atoms with van der Waals surface area (Å²) in [5.74, 6) is 0. The summed E-state index contributed by atoms with van der Waals surface area (Å²) in [5.41, 5.74) is 0. The predicted molar refractivity (Wildman–Crippen MR) is 45.6 cm³/mol. The molecule has 2 rings (SSSR count). The first-order chi connectivity index (χ1) is 5.89. The molecule has 0 amide bonds. The Morgan fingerprint density at radius 1 is 1.08 bits per heavy atom. The average molecular weight is 183 g/mol. The van der Waals surface area contributed by atoms with Gasteiger partial charge in [0.1, 0.15) is 5.15 Å². The van der Waals surface area contributed by atoms with E-state index in [0.717, 1.165) is 0 Å². The van der Waals surface area contributed by atoms with Crippen LogP contribution in [0.5, 0.6) is 0 Å². The molecule has 0 bridgehead atoms. The van der Waals surface area contributed by atoms with Crippen LogP contribution in [-0.4, -0.2) is 20.4 Å². The Morgan fingerprint density at radius 3 is 2.08 bits per heavy atom. The van der Waals surface area contributed by atoms with Crippen LogP contribution in [0.3, 0.4) is 0 Å². The monoisotopic (exact) mass is 182 g/mol. The van der Waals surface area contributed by atoms with Gasteiger partial charge < -0.3 is 0 Å². The van der Waals surface area contributed by atoms with Crippen molar-refractivity contribution in [1.82, 2.24) is 20.4 Å². The Balaban J connectivity index is 0.000000127. The first-order valence-corrected chi connectivity index (χ1v) is 3.63. The smallest absolute Gasteiger partial charge is 0.129 e. The third-order valence-electron chi connectivity index (χ3n) is 0.960. The van der Waals surface area contributed by atoms with E-state index in [1.54, 1.807) is 24.7 Å². The molecule has 2 aromatic heterocycles. The molecule has 2 heterocycles. The summed E-state index contributed by atoms with van der Waals surface area (Å²) in [4.78, 5) is 3.74. The van der Waals surface area contributed by atoms with Crippen molar-refractivity contribution < 1.29 is 0 Å². The van der Waals surface area contributed by atoms with E-state index in [4.69, 9.17) is 11.6 Å². The second-order valence-electron chi connectivity index (χ2n) is 1.81. The number of aromatic nitrogens is 4. The molecule has 0 unspecified atom stereocenters. The Labute approximate surface area is 74.6 Å². The van der Waals surface area contributed by atoms with E-state index in [0.29, 0.717) is 5.15 Å². The minimum Gasteiger partial charge on any atom is -0.245 e. The van der Waals surface area contributed by atoms with Crippen molar-refractivity contribution >= 4 is 11.6 Å². The van der Waals surface area contributed by atoms with Gasteiger partial charge in [-0.15, -0.1) is 0 Å². The molecular weight excluding hydrogens is 176 g/mol. The van der Waals surface area contributed by atoms with E-state index in [2.05, 4.69) is 20.4 Å². The zero-order chi connectivity index (χ0) is 8.65. The van der Waals surface area contributed by atoms with Crippen molar-refractivity contribution in [3.05, 3.63) is 41.9 Å². The van der Waals surface area contributed by atoms with Gasteiger partial charge in [-0.25, -0.2) is 4.98 Å². The highest BCUT2D eigenvalue weighted by Gasteiger charge is 1.76. The number of hydrogen-bond acceptors (Lipinski definition) is 3. The van der Waals surface area contributed by atoms with Gasteiger partial charge in [-0.3, -0.25) is 0 Å². The van der Waals surface area contributed by atoms with Crippen molar-refractivity contribution in [2.75, 3.05) is 0 Å². The molecule has 1 N–H and O–H groups in total. The van der Waals surface area contributed by atoms with Crippen molar-refractivity contribution in [1.29, 1.82) is 0 Å². The number of rotatable bonds is 0. The van der Waals surface area contributed by atoms with Crippen molar-refractivity contribution in [2.24, 2.45) is 0 Å². The molecule has 0 fully saturated rings. The fourth-order valence-electron chi connectivity index (χ4n) is 0.509. The van der Waals surface area contributed by atoms with Crippen LogP contribution in [0.15, 0.2) is 36.8 Å². The molecule has 2 aromatic rings. The summed E-state index contributed by atoms with van der Waals surface area (Å²) in [6.45, 7) is 0. The van der Waals surface area contributed by atoms with Crippen LogP contribution in [0.25, 0.3) is 0 Å². The lowest BCUT2D eigenvalue weighted by atomic mass is 10.5. The Hall–Kier alpha value is -1.42. The summed E-state index contributed by atoms with van der Waals surface area (Å²) in [5, 5.41) is 9.88. The molecule has 5 heteroatoms. The molecule has 0 atom stereocenters. The van der Waals surface area contributed by atoms with Crippen LogP contribution in [0.1, 0.15) is 0 Å². The SMILES string of the molecule is Clc1ccccn1.c1cn[nH]n1. The zero-order valence-electron chi connectivity index (χ0n) is 6.18.